The second-order valence-electron chi connectivity index (χ2n) is 7.88. The molecular weight excluding hydrogens is 414 g/mol. The van der Waals surface area contributed by atoms with E-state index in [1.54, 1.807) is 6.20 Å². The summed E-state index contributed by atoms with van der Waals surface area (Å²) in [6, 6.07) is 3.86. The molecule has 4 heterocycles. The number of carbonyl (C=O) groups excluding carboxylic acids is 1. The van der Waals surface area contributed by atoms with Crippen molar-refractivity contribution in [3.8, 4) is 0 Å². The van der Waals surface area contributed by atoms with E-state index in [4.69, 9.17) is 9.84 Å². The average Bonchev–Trinajstić information content (AvgIpc) is 3.18. The smallest absolute Gasteiger partial charge is 0.261 e. The van der Waals surface area contributed by atoms with E-state index in [0.29, 0.717) is 23.9 Å². The van der Waals surface area contributed by atoms with Gasteiger partial charge in [-0.2, -0.15) is 0 Å². The fraction of sp³-hybridized carbons (Fsp3) is 0.455. The number of thiophene rings is 1. The molecule has 1 saturated heterocycles. The molecule has 0 aromatic carbocycles. The summed E-state index contributed by atoms with van der Waals surface area (Å²) in [5, 5.41) is 12.8. The summed E-state index contributed by atoms with van der Waals surface area (Å²) in [6.07, 6.45) is 5.28. The van der Waals surface area contributed by atoms with Crippen molar-refractivity contribution in [1.29, 1.82) is 0 Å². The van der Waals surface area contributed by atoms with Crippen molar-refractivity contribution >= 4 is 27.5 Å². The number of hydrogen-bond acceptors (Lipinski definition) is 8. The number of aliphatic hydroxyl groups is 1. The van der Waals surface area contributed by atoms with Crippen molar-refractivity contribution in [2.45, 2.75) is 32.4 Å². The van der Waals surface area contributed by atoms with Gasteiger partial charge >= 0.3 is 0 Å². The molecule has 3 aromatic rings. The third kappa shape index (κ3) is 4.90. The van der Waals surface area contributed by atoms with Crippen molar-refractivity contribution in [2.75, 3.05) is 32.8 Å². The summed E-state index contributed by atoms with van der Waals surface area (Å²) in [7, 11) is 0. The highest BCUT2D eigenvalue weighted by Gasteiger charge is 2.30. The van der Waals surface area contributed by atoms with Gasteiger partial charge in [-0.1, -0.05) is 19.9 Å². The van der Waals surface area contributed by atoms with Crippen molar-refractivity contribution in [2.24, 2.45) is 0 Å². The van der Waals surface area contributed by atoms with E-state index in [9.17, 15) is 4.79 Å². The molecule has 0 saturated carbocycles. The predicted molar refractivity (Wildman–Crippen MR) is 119 cm³/mol. The van der Waals surface area contributed by atoms with Crippen molar-refractivity contribution in [3.63, 3.8) is 0 Å². The van der Waals surface area contributed by atoms with Gasteiger partial charge in [0.05, 0.1) is 19.3 Å². The van der Waals surface area contributed by atoms with Crippen LogP contribution in [0.2, 0.25) is 0 Å². The molecule has 1 atom stereocenters. The molecule has 2 N–H and O–H groups in total. The Kier molecular flexibility index (Phi) is 6.86. The minimum absolute atomic E-state index is 0.102. The molecule has 0 spiro atoms. The number of amides is 1. The van der Waals surface area contributed by atoms with Crippen LogP contribution in [0, 0.1) is 0 Å². The number of ether oxygens (including phenoxy) is 1. The number of pyridine rings is 1. The van der Waals surface area contributed by atoms with Crippen LogP contribution in [0.4, 0.5) is 0 Å². The SMILES string of the molecule is CC(C)c1ncc(CN2CCO[C@@H](c3c(C(=O)NCCO)sc4ncccc34)C2)cn1. The van der Waals surface area contributed by atoms with E-state index in [1.807, 2.05) is 24.5 Å². The molecule has 0 aliphatic carbocycles. The Labute approximate surface area is 185 Å². The van der Waals surface area contributed by atoms with Crippen LogP contribution in [0.25, 0.3) is 10.2 Å². The molecule has 4 rings (SSSR count). The van der Waals surface area contributed by atoms with Gasteiger partial charge in [0.15, 0.2) is 0 Å². The van der Waals surface area contributed by atoms with Crippen LogP contribution in [0.1, 0.15) is 52.5 Å². The number of nitrogens with zero attached hydrogens (tertiary/aromatic N) is 4. The lowest BCUT2D eigenvalue weighted by Crippen LogP contribution is -2.38. The van der Waals surface area contributed by atoms with Gasteiger partial charge < -0.3 is 15.2 Å². The summed E-state index contributed by atoms with van der Waals surface area (Å²) in [5.41, 5.74) is 1.93. The van der Waals surface area contributed by atoms with Crippen molar-refractivity contribution in [1.82, 2.24) is 25.2 Å². The Morgan fingerprint density at radius 2 is 2.16 bits per heavy atom. The Balaban J connectivity index is 1.56. The Morgan fingerprint density at radius 1 is 1.35 bits per heavy atom. The van der Waals surface area contributed by atoms with Gasteiger partial charge in [-0.15, -0.1) is 11.3 Å². The van der Waals surface area contributed by atoms with Crippen LogP contribution < -0.4 is 5.32 Å². The lowest BCUT2D eigenvalue weighted by atomic mass is 10.0. The molecule has 8 nitrogen and oxygen atoms in total. The molecule has 0 unspecified atom stereocenters. The van der Waals surface area contributed by atoms with Gasteiger partial charge in [-0.25, -0.2) is 15.0 Å². The lowest BCUT2D eigenvalue weighted by molar-refractivity contribution is -0.0323. The minimum atomic E-state index is -0.238. The van der Waals surface area contributed by atoms with Gasteiger partial charge in [0, 0.05) is 67.2 Å². The monoisotopic (exact) mass is 441 g/mol. The molecule has 164 valence electrons. The summed E-state index contributed by atoms with van der Waals surface area (Å²) >= 11 is 1.36. The van der Waals surface area contributed by atoms with Gasteiger partial charge in [0.2, 0.25) is 0 Å². The first-order chi connectivity index (χ1) is 15.1. The van der Waals surface area contributed by atoms with E-state index >= 15 is 0 Å². The number of carbonyl (C=O) groups is 1. The molecule has 1 amide bonds. The molecule has 3 aromatic heterocycles. The maximum Gasteiger partial charge on any atom is 0.261 e. The lowest BCUT2D eigenvalue weighted by Gasteiger charge is -2.33. The van der Waals surface area contributed by atoms with E-state index in [2.05, 4.69) is 39.0 Å². The van der Waals surface area contributed by atoms with Crippen LogP contribution >= 0.6 is 11.3 Å². The first-order valence-corrected chi connectivity index (χ1v) is 11.3. The van der Waals surface area contributed by atoms with E-state index < -0.39 is 0 Å². The summed E-state index contributed by atoms with van der Waals surface area (Å²) in [6.45, 7) is 7.03. The molecule has 0 radical (unpaired) electrons. The van der Waals surface area contributed by atoms with Crippen LogP contribution in [-0.2, 0) is 11.3 Å². The van der Waals surface area contributed by atoms with Crippen molar-refractivity contribution < 1.29 is 14.6 Å². The summed E-state index contributed by atoms with van der Waals surface area (Å²) in [5.74, 6) is 0.947. The largest absolute Gasteiger partial charge is 0.395 e. The normalized spacial score (nSPS) is 17.4. The number of fused-ring (bicyclic) bond motifs is 1. The van der Waals surface area contributed by atoms with Crippen molar-refractivity contribution in [3.05, 3.63) is 52.6 Å². The fourth-order valence-corrected chi connectivity index (χ4v) is 4.82. The first-order valence-electron chi connectivity index (χ1n) is 10.5. The van der Waals surface area contributed by atoms with Gasteiger partial charge in [0.1, 0.15) is 15.5 Å². The number of morpholine rings is 1. The molecule has 1 aliphatic rings. The van der Waals surface area contributed by atoms with E-state index in [-0.39, 0.29) is 25.2 Å². The standard InChI is InChI=1S/C22H27N5O3S/c1-14(2)20-25-10-15(11-26-20)12-27-7-9-30-17(13-27)18-16-4-3-5-24-22(16)31-19(18)21(29)23-6-8-28/h3-5,10-11,14,17,28H,6-9,12-13H2,1-2H3,(H,23,29)/t17-/m1/s1. The highest BCUT2D eigenvalue weighted by atomic mass is 32.1. The Hall–Kier alpha value is -2.46. The predicted octanol–water partition coefficient (Wildman–Crippen LogP) is 2.51. The minimum Gasteiger partial charge on any atom is -0.395 e. The zero-order chi connectivity index (χ0) is 21.8. The highest BCUT2D eigenvalue weighted by Crippen LogP contribution is 2.37. The first kappa shape index (κ1) is 21.8. The second-order valence-corrected chi connectivity index (χ2v) is 8.88. The molecular formula is C22H27N5O3S. The molecule has 1 aliphatic heterocycles. The van der Waals surface area contributed by atoms with Crippen LogP contribution in [-0.4, -0.2) is 63.7 Å². The quantitative estimate of drug-likeness (QED) is 0.581. The Bertz CT molecular complexity index is 1040. The van der Waals surface area contributed by atoms with Crippen LogP contribution in [0.5, 0.6) is 0 Å². The third-order valence-corrected chi connectivity index (χ3v) is 6.36. The molecule has 31 heavy (non-hydrogen) atoms. The van der Waals surface area contributed by atoms with Gasteiger partial charge in [-0.3, -0.25) is 9.69 Å². The van der Waals surface area contributed by atoms with Crippen LogP contribution in [0.15, 0.2) is 30.7 Å². The zero-order valence-electron chi connectivity index (χ0n) is 17.7. The number of hydrogen-bond donors (Lipinski definition) is 2. The molecule has 1 fully saturated rings. The average molecular weight is 442 g/mol. The van der Waals surface area contributed by atoms with Crippen LogP contribution in [0.3, 0.4) is 0 Å². The third-order valence-electron chi connectivity index (χ3n) is 5.23. The second kappa shape index (κ2) is 9.78. The van der Waals surface area contributed by atoms with E-state index in [1.165, 1.54) is 11.3 Å². The van der Waals surface area contributed by atoms with Gasteiger partial charge in [0.25, 0.3) is 5.91 Å². The maximum atomic E-state index is 12.8. The Morgan fingerprint density at radius 3 is 2.90 bits per heavy atom. The number of rotatable bonds is 7. The molecule has 0 bridgehead atoms. The fourth-order valence-electron chi connectivity index (χ4n) is 3.71. The van der Waals surface area contributed by atoms with Gasteiger partial charge in [-0.05, 0) is 6.07 Å². The molecule has 9 heteroatoms. The maximum absolute atomic E-state index is 12.8. The zero-order valence-corrected chi connectivity index (χ0v) is 18.6. The number of aliphatic hydroxyl groups excluding tert-OH is 1. The topological polar surface area (TPSA) is 100 Å². The highest BCUT2D eigenvalue weighted by molar-refractivity contribution is 7.20. The summed E-state index contributed by atoms with van der Waals surface area (Å²) in [4.78, 5) is 29.9. The number of nitrogens with one attached hydrogen (secondary N) is 1. The summed E-state index contributed by atoms with van der Waals surface area (Å²) < 4.78 is 6.12. The number of aromatic nitrogens is 3. The van der Waals surface area contributed by atoms with E-state index in [0.717, 1.165) is 40.3 Å².